The molecule has 5 nitrogen and oxygen atoms in total. The Hall–Kier alpha value is -3.57. The summed E-state index contributed by atoms with van der Waals surface area (Å²) in [5, 5.41) is 0. The van der Waals surface area contributed by atoms with E-state index in [-0.39, 0.29) is 11.7 Å². The zero-order valence-corrected chi connectivity index (χ0v) is 20.4. The number of piperazine rings is 1. The van der Waals surface area contributed by atoms with E-state index in [1.165, 1.54) is 11.1 Å². The van der Waals surface area contributed by atoms with Crippen molar-refractivity contribution in [2.75, 3.05) is 38.1 Å². The van der Waals surface area contributed by atoms with Gasteiger partial charge in [0.2, 0.25) is 0 Å². The molecule has 6 rings (SSSR count). The number of carbonyl (C=O) groups excluding carboxylic acids is 1. The Bertz CT molecular complexity index is 1330. The van der Waals surface area contributed by atoms with Crippen molar-refractivity contribution < 1.29 is 4.79 Å². The Labute approximate surface area is 206 Å². The molecule has 3 aliphatic rings. The number of aliphatic imine (C=N–C) groups is 1. The van der Waals surface area contributed by atoms with Gasteiger partial charge in [-0.2, -0.15) is 0 Å². The van der Waals surface area contributed by atoms with Crippen LogP contribution in [0, 0.1) is 0 Å². The number of carbonyl (C=O) groups is 1. The average molecular weight is 463 g/mol. The highest BCUT2D eigenvalue weighted by molar-refractivity contribution is 6.16. The van der Waals surface area contributed by atoms with Crippen molar-refractivity contribution in [3.05, 3.63) is 99.7 Å². The Balaban J connectivity index is 1.29. The highest BCUT2D eigenvalue weighted by Gasteiger charge is 2.27. The minimum Gasteiger partial charge on any atom is -0.354 e. The molecule has 0 spiro atoms. The maximum absolute atomic E-state index is 13.0. The largest absolute Gasteiger partial charge is 0.354 e. The summed E-state index contributed by atoms with van der Waals surface area (Å²) in [7, 11) is 2.17. The van der Waals surface area contributed by atoms with Crippen LogP contribution >= 0.6 is 0 Å². The molecule has 3 aromatic rings. The summed E-state index contributed by atoms with van der Waals surface area (Å²) in [6, 6.07) is 19.0. The van der Waals surface area contributed by atoms with Gasteiger partial charge in [0, 0.05) is 61.4 Å². The fourth-order valence-electron chi connectivity index (χ4n) is 5.41. The highest BCUT2D eigenvalue weighted by Crippen LogP contribution is 2.35. The van der Waals surface area contributed by atoms with Crippen molar-refractivity contribution >= 4 is 23.4 Å². The van der Waals surface area contributed by atoms with Gasteiger partial charge >= 0.3 is 0 Å². The first-order chi connectivity index (χ1) is 17.1. The number of hydrogen-bond acceptors (Lipinski definition) is 5. The fourth-order valence-corrected chi connectivity index (χ4v) is 5.41. The number of Topliss-reactive ketones (excluding diaryl/α,β-unsaturated/α-hetero) is 1. The lowest BCUT2D eigenvalue weighted by Crippen LogP contribution is -2.44. The molecule has 1 fully saturated rings. The van der Waals surface area contributed by atoms with Crippen molar-refractivity contribution in [2.45, 2.75) is 25.8 Å². The standard InChI is InChI=1S/C30H30N4O/c1-20(21-6-4-3-5-7-21)26-15-24-16-27-25(14-23(24)17-28(26)35)19-32-30(27)22-8-9-29(31-18-22)34-12-10-33(2)11-13-34/h3-9,14-16,18,20H,10-13,17,19H2,1-2H3. The first-order valence-corrected chi connectivity index (χ1v) is 12.5. The number of aromatic nitrogens is 1. The quantitative estimate of drug-likeness (QED) is 0.573. The zero-order chi connectivity index (χ0) is 23.9. The summed E-state index contributed by atoms with van der Waals surface area (Å²) in [5.41, 5.74) is 8.72. The summed E-state index contributed by atoms with van der Waals surface area (Å²) < 4.78 is 0. The molecule has 0 amide bonds. The maximum atomic E-state index is 13.0. The lowest BCUT2D eigenvalue weighted by Gasteiger charge is -2.33. The van der Waals surface area contributed by atoms with E-state index in [2.05, 4.69) is 66.2 Å². The third-order valence-corrected chi connectivity index (χ3v) is 7.63. The van der Waals surface area contributed by atoms with E-state index in [0.717, 1.165) is 65.5 Å². The van der Waals surface area contributed by atoms with Gasteiger partial charge in [-0.3, -0.25) is 9.79 Å². The minimum atomic E-state index is 0.0737. The van der Waals surface area contributed by atoms with Gasteiger partial charge in [0.05, 0.1) is 12.3 Å². The lowest BCUT2D eigenvalue weighted by molar-refractivity contribution is -0.115. The third-order valence-electron chi connectivity index (χ3n) is 7.63. The molecule has 0 radical (unpaired) electrons. The van der Waals surface area contributed by atoms with Crippen LogP contribution in [-0.4, -0.2) is 54.6 Å². The third kappa shape index (κ3) is 4.10. The Morgan fingerprint density at radius 1 is 0.943 bits per heavy atom. The maximum Gasteiger partial charge on any atom is 0.163 e. The summed E-state index contributed by atoms with van der Waals surface area (Å²) in [4.78, 5) is 27.4. The van der Waals surface area contributed by atoms with Crippen molar-refractivity contribution in [1.29, 1.82) is 0 Å². The van der Waals surface area contributed by atoms with Gasteiger partial charge < -0.3 is 9.80 Å². The van der Waals surface area contributed by atoms with Crippen LogP contribution in [0.4, 0.5) is 5.82 Å². The second-order valence-electron chi connectivity index (χ2n) is 9.90. The van der Waals surface area contributed by atoms with Gasteiger partial charge in [0.15, 0.2) is 5.78 Å². The Morgan fingerprint density at radius 2 is 1.74 bits per heavy atom. The molecule has 1 aromatic heterocycles. The number of fused-ring (bicyclic) bond motifs is 2. The number of rotatable bonds is 4. The van der Waals surface area contributed by atoms with Gasteiger partial charge in [0.25, 0.3) is 0 Å². The molecule has 2 aromatic carbocycles. The summed E-state index contributed by atoms with van der Waals surface area (Å²) in [6.45, 7) is 6.92. The molecule has 3 heterocycles. The minimum absolute atomic E-state index is 0.0737. The molecule has 5 heteroatoms. The van der Waals surface area contributed by atoms with E-state index in [1.807, 2.05) is 24.4 Å². The topological polar surface area (TPSA) is 48.8 Å². The molecule has 1 aliphatic carbocycles. The number of anilines is 1. The molecule has 2 aliphatic heterocycles. The van der Waals surface area contributed by atoms with Crippen LogP contribution in [0.15, 0.2) is 71.4 Å². The van der Waals surface area contributed by atoms with Crippen LogP contribution in [0.5, 0.6) is 0 Å². The number of allylic oxidation sites excluding steroid dienone is 1. The number of nitrogens with zero attached hydrogens (tertiary/aromatic N) is 4. The highest BCUT2D eigenvalue weighted by atomic mass is 16.1. The monoisotopic (exact) mass is 462 g/mol. The second kappa shape index (κ2) is 8.90. The molecular formula is C30H30N4O. The van der Waals surface area contributed by atoms with Crippen molar-refractivity contribution in [2.24, 2.45) is 4.99 Å². The van der Waals surface area contributed by atoms with Crippen LogP contribution in [0.25, 0.3) is 6.08 Å². The van der Waals surface area contributed by atoms with Gasteiger partial charge in [-0.05, 0) is 53.6 Å². The fraction of sp³-hybridized carbons (Fsp3) is 0.300. The number of benzene rings is 2. The summed E-state index contributed by atoms with van der Waals surface area (Å²) >= 11 is 0. The molecule has 1 saturated heterocycles. The van der Waals surface area contributed by atoms with Gasteiger partial charge in [-0.25, -0.2) is 4.98 Å². The predicted molar refractivity (Wildman–Crippen MR) is 141 cm³/mol. The van der Waals surface area contributed by atoms with E-state index < -0.39 is 0 Å². The van der Waals surface area contributed by atoms with E-state index in [1.54, 1.807) is 0 Å². The Kier molecular flexibility index (Phi) is 5.57. The van der Waals surface area contributed by atoms with Crippen molar-refractivity contribution in [1.82, 2.24) is 9.88 Å². The summed E-state index contributed by atoms with van der Waals surface area (Å²) in [6.07, 6.45) is 4.52. The number of pyridine rings is 1. The smallest absolute Gasteiger partial charge is 0.163 e. The van der Waals surface area contributed by atoms with E-state index >= 15 is 0 Å². The second-order valence-corrected chi connectivity index (χ2v) is 9.90. The average Bonchev–Trinajstić information content (AvgIpc) is 3.30. The van der Waals surface area contributed by atoms with Crippen LogP contribution in [0.1, 0.15) is 46.2 Å². The van der Waals surface area contributed by atoms with E-state index in [4.69, 9.17) is 9.98 Å². The summed E-state index contributed by atoms with van der Waals surface area (Å²) in [5.74, 6) is 1.33. The van der Waals surface area contributed by atoms with Crippen LogP contribution < -0.4 is 4.90 Å². The molecule has 0 N–H and O–H groups in total. The first-order valence-electron chi connectivity index (χ1n) is 12.5. The Morgan fingerprint density at radius 3 is 2.49 bits per heavy atom. The number of ketones is 1. The van der Waals surface area contributed by atoms with E-state index in [9.17, 15) is 4.79 Å². The van der Waals surface area contributed by atoms with Gasteiger partial charge in [-0.1, -0.05) is 43.3 Å². The van der Waals surface area contributed by atoms with Crippen LogP contribution in [0.2, 0.25) is 0 Å². The normalized spacial score (nSPS) is 18.6. The van der Waals surface area contributed by atoms with Crippen LogP contribution in [-0.2, 0) is 17.8 Å². The zero-order valence-electron chi connectivity index (χ0n) is 20.4. The van der Waals surface area contributed by atoms with E-state index in [0.29, 0.717) is 13.0 Å². The number of likely N-dealkylation sites (N-methyl/N-ethyl adjacent to an activating group) is 1. The molecule has 35 heavy (non-hydrogen) atoms. The van der Waals surface area contributed by atoms with Gasteiger partial charge in [-0.15, -0.1) is 0 Å². The molecule has 0 bridgehead atoms. The number of hydrogen-bond donors (Lipinski definition) is 0. The molecule has 1 atom stereocenters. The van der Waals surface area contributed by atoms with Crippen molar-refractivity contribution in [3.8, 4) is 0 Å². The predicted octanol–water partition coefficient (Wildman–Crippen LogP) is 4.50. The first kappa shape index (κ1) is 21.9. The molecule has 176 valence electrons. The van der Waals surface area contributed by atoms with Crippen LogP contribution in [0.3, 0.4) is 0 Å². The molecular weight excluding hydrogens is 432 g/mol. The van der Waals surface area contributed by atoms with Crippen molar-refractivity contribution in [3.63, 3.8) is 0 Å². The lowest BCUT2D eigenvalue weighted by atomic mass is 9.81. The molecule has 0 saturated carbocycles. The van der Waals surface area contributed by atoms with Gasteiger partial charge in [0.1, 0.15) is 5.82 Å². The SMILES string of the molecule is CC(C1=Cc2cc3c(cc2CC1=O)CN=C3c1ccc(N2CCN(C)CC2)nc1)c1ccccc1. The molecule has 1 unspecified atom stereocenters.